The third-order valence-electron chi connectivity index (χ3n) is 3.02. The molecular formula is C13H21NO2. The molecular weight excluding hydrogens is 202 g/mol. The second kappa shape index (κ2) is 5.87. The zero-order valence-corrected chi connectivity index (χ0v) is 10.6. The summed E-state index contributed by atoms with van der Waals surface area (Å²) in [6.07, 6.45) is 0.929. The van der Waals surface area contributed by atoms with E-state index in [4.69, 9.17) is 9.84 Å². The third-order valence-corrected chi connectivity index (χ3v) is 3.02. The molecule has 0 unspecified atom stereocenters. The van der Waals surface area contributed by atoms with Crippen LogP contribution in [0.3, 0.4) is 0 Å². The van der Waals surface area contributed by atoms with Crippen molar-refractivity contribution < 1.29 is 9.84 Å². The predicted molar refractivity (Wildman–Crippen MR) is 66.0 cm³/mol. The smallest absolute Gasteiger partial charge is 0.124 e. The Morgan fingerprint density at radius 2 is 1.94 bits per heavy atom. The SMILES string of the molecule is COc1c(C)cc(CCNCO)c(C)c1C. The highest BCUT2D eigenvalue weighted by Crippen LogP contribution is 2.28. The molecule has 0 amide bonds. The van der Waals surface area contributed by atoms with E-state index in [-0.39, 0.29) is 6.73 Å². The molecule has 0 bridgehead atoms. The summed E-state index contributed by atoms with van der Waals surface area (Å²) in [5, 5.41) is 11.6. The van der Waals surface area contributed by atoms with Gasteiger partial charge in [0.25, 0.3) is 0 Å². The minimum atomic E-state index is 0.0349. The molecule has 0 saturated carbocycles. The summed E-state index contributed by atoms with van der Waals surface area (Å²) in [5.74, 6) is 0.983. The Labute approximate surface area is 97.4 Å². The molecule has 1 aromatic rings. The largest absolute Gasteiger partial charge is 0.496 e. The monoisotopic (exact) mass is 223 g/mol. The molecule has 3 nitrogen and oxygen atoms in total. The van der Waals surface area contributed by atoms with Crippen LogP contribution in [0.4, 0.5) is 0 Å². The minimum absolute atomic E-state index is 0.0349. The van der Waals surface area contributed by atoms with Gasteiger partial charge in [0.1, 0.15) is 5.75 Å². The van der Waals surface area contributed by atoms with Crippen molar-refractivity contribution in [1.82, 2.24) is 5.32 Å². The molecule has 0 aliphatic carbocycles. The molecule has 0 heterocycles. The highest BCUT2D eigenvalue weighted by Gasteiger charge is 2.09. The average Bonchev–Trinajstić information content (AvgIpc) is 2.26. The zero-order chi connectivity index (χ0) is 12.1. The normalized spacial score (nSPS) is 10.6. The molecule has 0 aromatic heterocycles. The Morgan fingerprint density at radius 3 is 2.50 bits per heavy atom. The summed E-state index contributed by atoms with van der Waals surface area (Å²) in [6.45, 7) is 7.10. The van der Waals surface area contributed by atoms with Crippen molar-refractivity contribution in [3.63, 3.8) is 0 Å². The fraction of sp³-hybridized carbons (Fsp3) is 0.538. The maximum absolute atomic E-state index is 8.67. The molecule has 1 rings (SSSR count). The fourth-order valence-corrected chi connectivity index (χ4v) is 2.02. The lowest BCUT2D eigenvalue weighted by molar-refractivity contribution is 0.262. The number of aliphatic hydroxyl groups excluding tert-OH is 1. The summed E-state index contributed by atoms with van der Waals surface area (Å²) >= 11 is 0. The fourth-order valence-electron chi connectivity index (χ4n) is 2.02. The van der Waals surface area contributed by atoms with Gasteiger partial charge in [0.2, 0.25) is 0 Å². The minimum Gasteiger partial charge on any atom is -0.496 e. The van der Waals surface area contributed by atoms with Crippen molar-refractivity contribution in [1.29, 1.82) is 0 Å². The number of benzene rings is 1. The van der Waals surface area contributed by atoms with Crippen molar-refractivity contribution in [2.75, 3.05) is 20.4 Å². The number of hydrogen-bond acceptors (Lipinski definition) is 3. The standard InChI is InChI=1S/C13H21NO2/c1-9-7-12(5-6-14-8-15)10(2)11(3)13(9)16-4/h7,14-15H,5-6,8H2,1-4H3. The van der Waals surface area contributed by atoms with Crippen LogP contribution >= 0.6 is 0 Å². The molecule has 0 fully saturated rings. The van der Waals surface area contributed by atoms with Crippen LogP contribution in [-0.2, 0) is 6.42 Å². The quantitative estimate of drug-likeness (QED) is 0.590. The van der Waals surface area contributed by atoms with Crippen molar-refractivity contribution in [2.24, 2.45) is 0 Å². The highest BCUT2D eigenvalue weighted by atomic mass is 16.5. The maximum atomic E-state index is 8.67. The van der Waals surface area contributed by atoms with Gasteiger partial charge in [-0.3, -0.25) is 5.32 Å². The Morgan fingerprint density at radius 1 is 1.25 bits per heavy atom. The van der Waals surface area contributed by atoms with E-state index < -0.39 is 0 Å². The van der Waals surface area contributed by atoms with Crippen LogP contribution in [0.25, 0.3) is 0 Å². The molecule has 1 aromatic carbocycles. The van der Waals surface area contributed by atoms with Crippen molar-refractivity contribution in [3.05, 3.63) is 28.3 Å². The summed E-state index contributed by atoms with van der Waals surface area (Å²) in [7, 11) is 1.71. The van der Waals surface area contributed by atoms with Gasteiger partial charge in [-0.1, -0.05) is 6.07 Å². The van der Waals surface area contributed by atoms with E-state index in [1.54, 1.807) is 7.11 Å². The van der Waals surface area contributed by atoms with Gasteiger partial charge in [-0.2, -0.15) is 0 Å². The van der Waals surface area contributed by atoms with E-state index in [1.165, 1.54) is 22.3 Å². The molecule has 0 radical (unpaired) electrons. The van der Waals surface area contributed by atoms with Crippen LogP contribution in [-0.4, -0.2) is 25.5 Å². The lowest BCUT2D eigenvalue weighted by atomic mass is 9.96. The first-order valence-electron chi connectivity index (χ1n) is 5.57. The maximum Gasteiger partial charge on any atom is 0.124 e. The molecule has 2 N–H and O–H groups in total. The van der Waals surface area contributed by atoms with Crippen molar-refractivity contribution in [3.8, 4) is 5.75 Å². The van der Waals surface area contributed by atoms with E-state index >= 15 is 0 Å². The molecule has 0 aliphatic heterocycles. The van der Waals surface area contributed by atoms with Gasteiger partial charge < -0.3 is 9.84 Å². The third kappa shape index (κ3) is 2.74. The molecule has 3 heteroatoms. The van der Waals surface area contributed by atoms with Gasteiger partial charge >= 0.3 is 0 Å². The van der Waals surface area contributed by atoms with Crippen LogP contribution < -0.4 is 10.1 Å². The number of ether oxygens (including phenoxy) is 1. The topological polar surface area (TPSA) is 41.5 Å². The Hall–Kier alpha value is -1.06. The molecule has 16 heavy (non-hydrogen) atoms. The molecule has 0 aliphatic rings. The number of nitrogens with one attached hydrogen (secondary N) is 1. The Kier molecular flexibility index (Phi) is 4.77. The van der Waals surface area contributed by atoms with Crippen LogP contribution in [0, 0.1) is 20.8 Å². The van der Waals surface area contributed by atoms with Gasteiger partial charge in [-0.05, 0) is 49.4 Å². The van der Waals surface area contributed by atoms with Crippen LogP contribution in [0.5, 0.6) is 5.75 Å². The first-order chi connectivity index (χ1) is 7.61. The van der Waals surface area contributed by atoms with Gasteiger partial charge in [0.15, 0.2) is 0 Å². The lowest BCUT2D eigenvalue weighted by Gasteiger charge is -2.15. The summed E-state index contributed by atoms with van der Waals surface area (Å²) in [4.78, 5) is 0. The van der Waals surface area contributed by atoms with E-state index in [1.807, 2.05) is 0 Å². The van der Waals surface area contributed by atoms with Crippen LogP contribution in [0.2, 0.25) is 0 Å². The Bertz CT molecular complexity index is 361. The van der Waals surface area contributed by atoms with E-state index in [9.17, 15) is 0 Å². The summed E-state index contributed by atoms with van der Waals surface area (Å²) in [5.41, 5.74) is 4.98. The first-order valence-corrected chi connectivity index (χ1v) is 5.57. The van der Waals surface area contributed by atoms with Gasteiger partial charge in [-0.25, -0.2) is 0 Å². The second-order valence-corrected chi connectivity index (χ2v) is 4.04. The van der Waals surface area contributed by atoms with Crippen LogP contribution in [0.1, 0.15) is 22.3 Å². The van der Waals surface area contributed by atoms with Crippen molar-refractivity contribution in [2.45, 2.75) is 27.2 Å². The van der Waals surface area contributed by atoms with E-state index in [2.05, 4.69) is 32.2 Å². The summed E-state index contributed by atoms with van der Waals surface area (Å²) in [6, 6.07) is 2.17. The van der Waals surface area contributed by atoms with Gasteiger partial charge in [0.05, 0.1) is 13.8 Å². The molecule has 0 atom stereocenters. The van der Waals surface area contributed by atoms with Gasteiger partial charge in [0, 0.05) is 6.54 Å². The highest BCUT2D eigenvalue weighted by molar-refractivity contribution is 5.49. The summed E-state index contributed by atoms with van der Waals surface area (Å²) < 4.78 is 5.38. The molecule has 0 saturated heterocycles. The average molecular weight is 223 g/mol. The first kappa shape index (κ1) is 13.0. The number of methoxy groups -OCH3 is 1. The molecule has 90 valence electrons. The van der Waals surface area contributed by atoms with Gasteiger partial charge in [-0.15, -0.1) is 0 Å². The lowest BCUT2D eigenvalue weighted by Crippen LogP contribution is -2.18. The van der Waals surface area contributed by atoms with Crippen LogP contribution in [0.15, 0.2) is 6.07 Å². The van der Waals surface area contributed by atoms with E-state index in [0.29, 0.717) is 0 Å². The number of rotatable bonds is 5. The number of hydrogen-bond donors (Lipinski definition) is 2. The van der Waals surface area contributed by atoms with E-state index in [0.717, 1.165) is 18.7 Å². The molecule has 0 spiro atoms. The number of aryl methyl sites for hydroxylation is 1. The Balaban J connectivity index is 2.94. The number of aliphatic hydroxyl groups is 1. The van der Waals surface area contributed by atoms with Crippen molar-refractivity contribution >= 4 is 0 Å². The predicted octanol–water partition coefficient (Wildman–Crippen LogP) is 1.70. The zero-order valence-electron chi connectivity index (χ0n) is 10.6. The second-order valence-electron chi connectivity index (χ2n) is 4.04.